The third kappa shape index (κ3) is 3.68. The molecule has 3 rings (SSSR count). The smallest absolute Gasteiger partial charge is 0.267 e. The molecule has 22 heavy (non-hydrogen) atoms. The maximum Gasteiger partial charge on any atom is 0.267 e. The van der Waals surface area contributed by atoms with Gasteiger partial charge in [-0.1, -0.05) is 30.3 Å². The van der Waals surface area contributed by atoms with Gasteiger partial charge in [-0.2, -0.15) is 0 Å². The second kappa shape index (κ2) is 7.45. The lowest BCUT2D eigenvalue weighted by molar-refractivity contribution is 0.0923. The average Bonchev–Trinajstić information content (AvgIpc) is 3.15. The average molecular weight is 322 g/mol. The first-order valence-corrected chi connectivity index (χ1v) is 7.15. The molecule has 1 aromatic carbocycles. The summed E-state index contributed by atoms with van der Waals surface area (Å²) < 4.78 is 0. The van der Waals surface area contributed by atoms with Crippen LogP contribution in [0.2, 0.25) is 0 Å². The van der Waals surface area contributed by atoms with Crippen LogP contribution in [0.4, 0.5) is 0 Å². The lowest BCUT2D eigenvalue weighted by atomic mass is 10.1. The number of hydrogen-bond donors (Lipinski definition) is 4. The molecule has 2 heterocycles. The van der Waals surface area contributed by atoms with E-state index in [-0.39, 0.29) is 30.3 Å². The van der Waals surface area contributed by atoms with E-state index in [1.807, 2.05) is 36.4 Å². The van der Waals surface area contributed by atoms with E-state index in [1.165, 1.54) is 0 Å². The van der Waals surface area contributed by atoms with Gasteiger partial charge in [0.05, 0.1) is 6.10 Å². The molecule has 118 valence electrons. The second-order valence-corrected chi connectivity index (χ2v) is 5.35. The molecule has 1 aliphatic heterocycles. The van der Waals surface area contributed by atoms with Gasteiger partial charge in [0, 0.05) is 31.2 Å². The van der Waals surface area contributed by atoms with Crippen molar-refractivity contribution < 1.29 is 9.90 Å². The highest BCUT2D eigenvalue weighted by Gasteiger charge is 2.25. The molecule has 0 aliphatic carbocycles. The van der Waals surface area contributed by atoms with E-state index >= 15 is 0 Å². The van der Waals surface area contributed by atoms with E-state index in [2.05, 4.69) is 15.6 Å². The SMILES string of the molecule is Cl.O=C(NCC1CNCC1O)c1ccc(-c2ccccc2)[nH]1. The molecule has 2 atom stereocenters. The quantitative estimate of drug-likeness (QED) is 0.688. The number of carbonyl (C=O) groups is 1. The Bertz CT molecular complexity index is 615. The van der Waals surface area contributed by atoms with Crippen LogP contribution in [0.15, 0.2) is 42.5 Å². The molecule has 0 bridgehead atoms. The maximum atomic E-state index is 12.1. The maximum absolute atomic E-state index is 12.1. The van der Waals surface area contributed by atoms with E-state index in [4.69, 9.17) is 0 Å². The fourth-order valence-electron chi connectivity index (χ4n) is 2.56. The van der Waals surface area contributed by atoms with Crippen LogP contribution in [0.1, 0.15) is 10.5 Å². The summed E-state index contributed by atoms with van der Waals surface area (Å²) in [5.74, 6) is -0.0613. The van der Waals surface area contributed by atoms with E-state index in [0.717, 1.165) is 17.8 Å². The van der Waals surface area contributed by atoms with Crippen molar-refractivity contribution in [1.82, 2.24) is 15.6 Å². The van der Waals surface area contributed by atoms with E-state index in [1.54, 1.807) is 6.07 Å². The highest BCUT2D eigenvalue weighted by molar-refractivity contribution is 5.93. The number of hydrogen-bond acceptors (Lipinski definition) is 3. The number of nitrogens with one attached hydrogen (secondary N) is 3. The first-order valence-electron chi connectivity index (χ1n) is 7.15. The van der Waals surface area contributed by atoms with Crippen LogP contribution in [-0.2, 0) is 0 Å². The normalized spacial score (nSPS) is 20.4. The van der Waals surface area contributed by atoms with Crippen molar-refractivity contribution in [1.29, 1.82) is 0 Å². The van der Waals surface area contributed by atoms with Gasteiger partial charge in [-0.25, -0.2) is 0 Å². The highest BCUT2D eigenvalue weighted by Crippen LogP contribution is 2.18. The van der Waals surface area contributed by atoms with Gasteiger partial charge in [0.1, 0.15) is 5.69 Å². The van der Waals surface area contributed by atoms with Gasteiger partial charge in [0.25, 0.3) is 5.91 Å². The Balaban J connectivity index is 0.00000176. The Morgan fingerprint density at radius 2 is 1.95 bits per heavy atom. The molecule has 1 amide bonds. The van der Waals surface area contributed by atoms with Crippen LogP contribution in [0, 0.1) is 5.92 Å². The van der Waals surface area contributed by atoms with Gasteiger partial charge in [0.2, 0.25) is 0 Å². The summed E-state index contributed by atoms with van der Waals surface area (Å²) in [6.45, 7) is 1.81. The molecule has 2 unspecified atom stereocenters. The molecule has 0 radical (unpaired) electrons. The van der Waals surface area contributed by atoms with E-state index in [0.29, 0.717) is 18.8 Å². The molecule has 4 N–H and O–H groups in total. The molecule has 2 aromatic rings. The van der Waals surface area contributed by atoms with Crippen molar-refractivity contribution in [3.05, 3.63) is 48.2 Å². The van der Waals surface area contributed by atoms with Gasteiger partial charge >= 0.3 is 0 Å². The van der Waals surface area contributed by atoms with Crippen LogP contribution in [0.3, 0.4) is 0 Å². The fourth-order valence-corrected chi connectivity index (χ4v) is 2.56. The summed E-state index contributed by atoms with van der Waals surface area (Å²) in [5.41, 5.74) is 2.50. The van der Waals surface area contributed by atoms with Crippen LogP contribution in [0.25, 0.3) is 11.3 Å². The van der Waals surface area contributed by atoms with Crippen molar-refractivity contribution in [3.8, 4) is 11.3 Å². The number of aromatic amines is 1. The zero-order valence-electron chi connectivity index (χ0n) is 12.1. The highest BCUT2D eigenvalue weighted by atomic mass is 35.5. The van der Waals surface area contributed by atoms with Gasteiger partial charge < -0.3 is 20.7 Å². The van der Waals surface area contributed by atoms with Crippen molar-refractivity contribution in [3.63, 3.8) is 0 Å². The van der Waals surface area contributed by atoms with Gasteiger partial charge in [-0.15, -0.1) is 12.4 Å². The number of aliphatic hydroxyl groups excluding tert-OH is 1. The van der Waals surface area contributed by atoms with E-state index < -0.39 is 0 Å². The molecule has 6 heteroatoms. The van der Waals surface area contributed by atoms with Crippen LogP contribution < -0.4 is 10.6 Å². The minimum atomic E-state index is -0.381. The standard InChI is InChI=1S/C16H19N3O2.ClH/c20-15-10-17-8-12(15)9-18-16(21)14-7-6-13(19-14)11-4-2-1-3-5-11;/h1-7,12,15,17,19-20H,8-10H2,(H,18,21);1H. The van der Waals surface area contributed by atoms with Crippen LogP contribution >= 0.6 is 12.4 Å². The van der Waals surface area contributed by atoms with E-state index in [9.17, 15) is 9.90 Å². The number of benzene rings is 1. The molecule has 1 fully saturated rings. The first-order chi connectivity index (χ1) is 10.2. The number of aromatic nitrogens is 1. The predicted octanol–water partition coefficient (Wildman–Crippen LogP) is 1.41. The number of carbonyl (C=O) groups excluding carboxylic acids is 1. The summed E-state index contributed by atoms with van der Waals surface area (Å²) in [5, 5.41) is 15.7. The summed E-state index contributed by atoms with van der Waals surface area (Å²) in [6, 6.07) is 13.6. The van der Waals surface area contributed by atoms with Gasteiger partial charge in [-0.05, 0) is 17.7 Å². The summed E-state index contributed by atoms with van der Waals surface area (Å²) in [4.78, 5) is 15.2. The van der Waals surface area contributed by atoms with Crippen LogP contribution in [0.5, 0.6) is 0 Å². The van der Waals surface area contributed by atoms with Crippen molar-refractivity contribution in [2.45, 2.75) is 6.10 Å². The molecular formula is C16H20ClN3O2. The van der Waals surface area contributed by atoms with Crippen LogP contribution in [-0.4, -0.2) is 41.7 Å². The molecule has 0 saturated carbocycles. The Labute approximate surface area is 135 Å². The van der Waals surface area contributed by atoms with Crippen molar-refractivity contribution >= 4 is 18.3 Å². The van der Waals surface area contributed by atoms with Crippen molar-refractivity contribution in [2.24, 2.45) is 5.92 Å². The summed E-state index contributed by atoms with van der Waals surface area (Å²) >= 11 is 0. The van der Waals surface area contributed by atoms with Gasteiger partial charge in [-0.3, -0.25) is 4.79 Å². The summed E-state index contributed by atoms with van der Waals surface area (Å²) in [7, 11) is 0. The molecule has 5 nitrogen and oxygen atoms in total. The number of amides is 1. The topological polar surface area (TPSA) is 77.2 Å². The Kier molecular flexibility index (Phi) is 5.60. The number of rotatable bonds is 4. The lowest BCUT2D eigenvalue weighted by Gasteiger charge is -2.13. The Morgan fingerprint density at radius 3 is 2.64 bits per heavy atom. The zero-order chi connectivity index (χ0) is 14.7. The molecule has 1 aliphatic rings. The largest absolute Gasteiger partial charge is 0.391 e. The minimum Gasteiger partial charge on any atom is -0.391 e. The Hall–Kier alpha value is -1.82. The zero-order valence-corrected chi connectivity index (χ0v) is 12.9. The summed E-state index contributed by atoms with van der Waals surface area (Å²) in [6.07, 6.45) is -0.381. The number of H-pyrrole nitrogens is 1. The predicted molar refractivity (Wildman–Crippen MR) is 88.2 cm³/mol. The molecule has 1 saturated heterocycles. The number of β-amino-alcohol motifs (C(OH)–C–C–N with tert-alkyl or cyclic N) is 1. The number of aliphatic hydroxyl groups is 1. The minimum absolute atomic E-state index is 0. The molecule has 1 aromatic heterocycles. The fraction of sp³-hybridized carbons (Fsp3) is 0.312. The third-order valence-electron chi connectivity index (χ3n) is 3.84. The molecular weight excluding hydrogens is 302 g/mol. The Morgan fingerprint density at radius 1 is 1.18 bits per heavy atom. The third-order valence-corrected chi connectivity index (χ3v) is 3.84. The monoisotopic (exact) mass is 321 g/mol. The van der Waals surface area contributed by atoms with Crippen molar-refractivity contribution in [2.75, 3.05) is 19.6 Å². The second-order valence-electron chi connectivity index (χ2n) is 5.35. The first kappa shape index (κ1) is 16.5. The number of halogens is 1. The van der Waals surface area contributed by atoms with Gasteiger partial charge in [0.15, 0.2) is 0 Å². The molecule has 0 spiro atoms. The lowest BCUT2D eigenvalue weighted by Crippen LogP contribution is -2.34.